The van der Waals surface area contributed by atoms with E-state index in [4.69, 9.17) is 24.4 Å². The lowest BCUT2D eigenvalue weighted by molar-refractivity contribution is 1.71. The number of hydrogen-bond acceptors (Lipinski definition) is 4. The highest BCUT2D eigenvalue weighted by Crippen LogP contribution is 2.22. The van der Waals surface area contributed by atoms with Crippen molar-refractivity contribution in [3.8, 4) is 0 Å². The number of thiocarbonyl (C=S) groups is 2. The summed E-state index contributed by atoms with van der Waals surface area (Å²) in [4.78, 5) is 0. The lowest BCUT2D eigenvalue weighted by Crippen LogP contribution is -1.92. The molecule has 0 unspecified atom stereocenters. The fourth-order valence-corrected chi connectivity index (χ4v) is 2.71. The second-order valence-corrected chi connectivity index (χ2v) is 6.73. The monoisotopic (exact) mass is 308 g/mol. The highest BCUT2D eigenvalue weighted by Gasteiger charge is 2.04. The molecular weight excluding hydrogens is 296 g/mol. The average Bonchev–Trinajstić information content (AvgIpc) is 2.44. The third-order valence-corrected chi connectivity index (χ3v) is 5.37. The molecule has 0 aromatic heterocycles. The summed E-state index contributed by atoms with van der Waals surface area (Å²) in [6.45, 7) is 0. The van der Waals surface area contributed by atoms with Crippen LogP contribution < -0.4 is 0 Å². The zero-order valence-corrected chi connectivity index (χ0v) is 13.4. The van der Waals surface area contributed by atoms with Crippen LogP contribution in [0.3, 0.4) is 0 Å². The van der Waals surface area contributed by atoms with Crippen LogP contribution in [-0.2, 0) is 0 Å². The van der Waals surface area contributed by atoms with E-state index in [9.17, 15) is 0 Å². The molecule has 0 spiro atoms. The van der Waals surface area contributed by atoms with E-state index >= 15 is 0 Å². The Labute approximate surface area is 127 Å². The maximum Gasteiger partial charge on any atom is 0.0775 e. The topological polar surface area (TPSA) is 0 Å². The lowest BCUT2D eigenvalue weighted by atomic mass is 10.1. The maximum atomic E-state index is 5.31. The molecule has 92 valence electrons. The normalized spacial score (nSPS) is 10.6. The molecule has 0 N–H and O–H groups in total. The number of rotatable bonds is 2. The Kier molecular flexibility index (Phi) is 4.78. The molecule has 0 atom stereocenters. The van der Waals surface area contributed by atoms with Gasteiger partial charge in [-0.3, -0.25) is 0 Å². The Bertz CT molecular complexity index is 561. The summed E-state index contributed by atoms with van der Waals surface area (Å²) < 4.78 is 1.86. The summed E-state index contributed by atoms with van der Waals surface area (Å²) in [6, 6.07) is 12.7. The van der Waals surface area contributed by atoms with Crippen LogP contribution in [0.5, 0.6) is 0 Å². The molecular formula is C14H12S4. The van der Waals surface area contributed by atoms with Crippen LogP contribution >= 0.6 is 48.0 Å². The Morgan fingerprint density at radius 2 is 1.17 bits per heavy atom. The van der Waals surface area contributed by atoms with Crippen LogP contribution in [-0.4, -0.2) is 20.9 Å². The first-order chi connectivity index (χ1) is 8.65. The van der Waals surface area contributed by atoms with E-state index in [1.165, 1.54) is 10.8 Å². The summed E-state index contributed by atoms with van der Waals surface area (Å²) >= 11 is 13.8. The molecule has 0 bridgehead atoms. The third kappa shape index (κ3) is 2.94. The Hall–Kier alpha value is -0.420. The highest BCUT2D eigenvalue weighted by molar-refractivity contribution is 8.23. The molecule has 2 aromatic rings. The molecule has 2 aromatic carbocycles. The Morgan fingerprint density at radius 3 is 1.50 bits per heavy atom. The van der Waals surface area contributed by atoms with Crippen molar-refractivity contribution in [3.05, 3.63) is 47.5 Å². The quantitative estimate of drug-likeness (QED) is 0.722. The molecule has 4 heteroatoms. The second kappa shape index (κ2) is 6.15. The van der Waals surface area contributed by atoms with Crippen LogP contribution in [0.15, 0.2) is 36.4 Å². The van der Waals surface area contributed by atoms with E-state index in [2.05, 4.69) is 36.4 Å². The minimum atomic E-state index is 0.931. The molecule has 2 rings (SSSR count). The number of benzene rings is 2. The van der Waals surface area contributed by atoms with Crippen LogP contribution in [0.4, 0.5) is 0 Å². The van der Waals surface area contributed by atoms with Gasteiger partial charge >= 0.3 is 0 Å². The van der Waals surface area contributed by atoms with Gasteiger partial charge in [-0.1, -0.05) is 48.7 Å². The fourth-order valence-electron chi connectivity index (χ4n) is 1.74. The van der Waals surface area contributed by atoms with Crippen LogP contribution in [0.2, 0.25) is 0 Å². The van der Waals surface area contributed by atoms with Gasteiger partial charge in [-0.15, -0.1) is 23.5 Å². The predicted octanol–water partition coefficient (Wildman–Crippen LogP) is 4.92. The first-order valence-corrected chi connectivity index (χ1v) is 8.63. The van der Waals surface area contributed by atoms with Crippen LogP contribution in [0.25, 0.3) is 10.8 Å². The summed E-state index contributed by atoms with van der Waals surface area (Å²) in [5, 5.41) is 2.41. The van der Waals surface area contributed by atoms with E-state index in [0.717, 1.165) is 19.5 Å². The zero-order chi connectivity index (χ0) is 13.1. The lowest BCUT2D eigenvalue weighted by Gasteiger charge is -2.06. The smallest absolute Gasteiger partial charge is 0.0775 e. The molecule has 0 heterocycles. The first-order valence-electron chi connectivity index (χ1n) is 5.36. The number of thioether (sulfide) groups is 2. The Balaban J connectivity index is 2.48. The first kappa shape index (κ1) is 14.0. The van der Waals surface area contributed by atoms with Gasteiger partial charge in [0.25, 0.3) is 0 Å². The van der Waals surface area contributed by atoms with Crippen molar-refractivity contribution in [3.63, 3.8) is 0 Å². The van der Waals surface area contributed by atoms with Gasteiger partial charge in [0.05, 0.1) is 8.39 Å². The van der Waals surface area contributed by atoms with Crippen molar-refractivity contribution in [2.45, 2.75) is 0 Å². The molecule has 0 fully saturated rings. The van der Waals surface area contributed by atoms with Crippen molar-refractivity contribution in [1.29, 1.82) is 0 Å². The molecule has 0 nitrogen and oxygen atoms in total. The molecule has 0 amide bonds. The standard InChI is InChI=1S/C14H12S4/c1-17-13(15)11-5-3-10-8-12(14(16)18-2)6-4-9(10)7-11/h3-8H,1-2H3. The molecule has 0 saturated heterocycles. The van der Waals surface area contributed by atoms with Gasteiger partial charge in [0.1, 0.15) is 0 Å². The van der Waals surface area contributed by atoms with E-state index in [-0.39, 0.29) is 0 Å². The van der Waals surface area contributed by atoms with Gasteiger partial charge in [0.15, 0.2) is 0 Å². The second-order valence-electron chi connectivity index (χ2n) is 3.76. The van der Waals surface area contributed by atoms with E-state index in [1.807, 2.05) is 12.5 Å². The van der Waals surface area contributed by atoms with E-state index in [1.54, 1.807) is 23.5 Å². The van der Waals surface area contributed by atoms with E-state index in [0.29, 0.717) is 0 Å². The van der Waals surface area contributed by atoms with Gasteiger partial charge in [0, 0.05) is 0 Å². The highest BCUT2D eigenvalue weighted by atomic mass is 32.2. The van der Waals surface area contributed by atoms with Crippen molar-refractivity contribution >= 4 is 67.1 Å². The van der Waals surface area contributed by atoms with Crippen molar-refractivity contribution in [2.24, 2.45) is 0 Å². The van der Waals surface area contributed by atoms with Gasteiger partial charge in [-0.25, -0.2) is 0 Å². The Morgan fingerprint density at radius 1 is 0.778 bits per heavy atom. The van der Waals surface area contributed by atoms with Crippen LogP contribution in [0.1, 0.15) is 11.1 Å². The molecule has 18 heavy (non-hydrogen) atoms. The summed E-state index contributed by atoms with van der Waals surface area (Å²) in [6.07, 6.45) is 4.01. The summed E-state index contributed by atoms with van der Waals surface area (Å²) in [7, 11) is 0. The molecule has 0 aliphatic heterocycles. The predicted molar refractivity (Wildman–Crippen MR) is 94.4 cm³/mol. The van der Waals surface area contributed by atoms with Crippen molar-refractivity contribution in [2.75, 3.05) is 12.5 Å². The average molecular weight is 309 g/mol. The van der Waals surface area contributed by atoms with Crippen molar-refractivity contribution in [1.82, 2.24) is 0 Å². The third-order valence-electron chi connectivity index (χ3n) is 2.68. The minimum absolute atomic E-state index is 0.931. The molecule has 0 aliphatic rings. The maximum absolute atomic E-state index is 5.31. The molecule has 0 aliphatic carbocycles. The summed E-state index contributed by atoms with van der Waals surface area (Å²) in [5.41, 5.74) is 2.23. The fraction of sp³-hybridized carbons (Fsp3) is 0.143. The zero-order valence-electron chi connectivity index (χ0n) is 10.1. The van der Waals surface area contributed by atoms with Gasteiger partial charge in [-0.2, -0.15) is 0 Å². The molecule has 0 saturated carbocycles. The molecule has 0 radical (unpaired) electrons. The number of fused-ring (bicyclic) bond motifs is 1. The van der Waals surface area contributed by atoms with E-state index < -0.39 is 0 Å². The SMILES string of the molecule is CSC(=S)c1ccc2cc(C(=S)SC)ccc2c1. The summed E-state index contributed by atoms with van der Waals surface area (Å²) in [5.74, 6) is 0. The van der Waals surface area contributed by atoms with Crippen LogP contribution in [0, 0.1) is 0 Å². The van der Waals surface area contributed by atoms with Gasteiger partial charge in [0.2, 0.25) is 0 Å². The largest absolute Gasteiger partial charge is 0.117 e. The van der Waals surface area contributed by atoms with Gasteiger partial charge in [-0.05, 0) is 46.5 Å². The van der Waals surface area contributed by atoms with Crippen molar-refractivity contribution < 1.29 is 0 Å². The number of hydrogen-bond donors (Lipinski definition) is 0. The minimum Gasteiger partial charge on any atom is -0.117 e. The van der Waals surface area contributed by atoms with Gasteiger partial charge < -0.3 is 0 Å².